The molecule has 0 aliphatic carbocycles. The van der Waals surface area contributed by atoms with Gasteiger partial charge in [0, 0.05) is 11.6 Å². The molecule has 0 unspecified atom stereocenters. The van der Waals surface area contributed by atoms with Crippen LogP contribution < -0.4 is 19.5 Å². The van der Waals surface area contributed by atoms with Crippen LogP contribution in [0.3, 0.4) is 0 Å². The summed E-state index contributed by atoms with van der Waals surface area (Å²) in [5.74, 6) is 2.35. The minimum atomic E-state index is -0.203. The van der Waals surface area contributed by atoms with Crippen LogP contribution in [0.2, 0.25) is 0 Å². The molecule has 1 aliphatic heterocycles. The van der Waals surface area contributed by atoms with E-state index < -0.39 is 0 Å². The Morgan fingerprint density at radius 3 is 2.75 bits per heavy atom. The lowest BCUT2D eigenvalue weighted by Gasteiger charge is -2.18. The Labute approximate surface area is 162 Å². The van der Waals surface area contributed by atoms with Crippen molar-refractivity contribution in [2.45, 2.75) is 13.3 Å². The summed E-state index contributed by atoms with van der Waals surface area (Å²) in [7, 11) is 1.57. The van der Waals surface area contributed by atoms with Gasteiger partial charge in [0.25, 0.3) is 0 Å². The standard InChI is InChI=1S/C21H20N2O5/c1-13-3-5-17(25-2)16(9-13)22-21(24)12-15-11-19(28-23-15)14-4-6-18-20(10-14)27-8-7-26-18/h3-6,9-11H,7-8,12H2,1-2H3,(H,22,24). The Morgan fingerprint density at radius 2 is 1.93 bits per heavy atom. The van der Waals surface area contributed by atoms with E-state index in [4.69, 9.17) is 18.7 Å². The van der Waals surface area contributed by atoms with E-state index >= 15 is 0 Å². The molecule has 1 N–H and O–H groups in total. The predicted molar refractivity (Wildman–Crippen MR) is 103 cm³/mol. The Morgan fingerprint density at radius 1 is 1.11 bits per heavy atom. The fraction of sp³-hybridized carbons (Fsp3) is 0.238. The highest BCUT2D eigenvalue weighted by Gasteiger charge is 2.16. The molecule has 28 heavy (non-hydrogen) atoms. The summed E-state index contributed by atoms with van der Waals surface area (Å²) < 4.78 is 21.8. The second-order valence-electron chi connectivity index (χ2n) is 6.47. The second-order valence-corrected chi connectivity index (χ2v) is 6.47. The maximum atomic E-state index is 12.4. The van der Waals surface area contributed by atoms with Crippen molar-refractivity contribution >= 4 is 11.6 Å². The average Bonchev–Trinajstić information content (AvgIpc) is 3.16. The number of aromatic nitrogens is 1. The number of nitrogens with one attached hydrogen (secondary N) is 1. The molecule has 0 spiro atoms. The number of ether oxygens (including phenoxy) is 3. The molecule has 2 aromatic carbocycles. The number of carbonyl (C=O) groups excluding carboxylic acids is 1. The van der Waals surface area contributed by atoms with Crippen molar-refractivity contribution in [1.29, 1.82) is 0 Å². The maximum Gasteiger partial charge on any atom is 0.230 e. The molecule has 1 amide bonds. The zero-order chi connectivity index (χ0) is 19.5. The average molecular weight is 380 g/mol. The first-order valence-corrected chi connectivity index (χ1v) is 8.92. The maximum absolute atomic E-state index is 12.4. The van der Waals surface area contributed by atoms with Crippen LogP contribution >= 0.6 is 0 Å². The Kier molecular flexibility index (Phi) is 4.89. The predicted octanol–water partition coefficient (Wildman–Crippen LogP) is 3.61. The smallest absolute Gasteiger partial charge is 0.230 e. The zero-order valence-electron chi connectivity index (χ0n) is 15.7. The van der Waals surface area contributed by atoms with Crippen LogP contribution in [0.4, 0.5) is 5.69 Å². The number of carbonyl (C=O) groups is 1. The fourth-order valence-electron chi connectivity index (χ4n) is 3.01. The summed E-state index contributed by atoms with van der Waals surface area (Å²) in [6, 6.07) is 12.9. The Balaban J connectivity index is 1.46. The number of rotatable bonds is 5. The first-order valence-electron chi connectivity index (χ1n) is 8.92. The molecular formula is C21H20N2O5. The molecule has 0 saturated heterocycles. The number of benzene rings is 2. The van der Waals surface area contributed by atoms with Crippen LogP contribution in [0.15, 0.2) is 47.0 Å². The lowest BCUT2D eigenvalue weighted by molar-refractivity contribution is -0.115. The molecule has 3 aromatic rings. The number of hydrogen-bond acceptors (Lipinski definition) is 6. The van der Waals surface area contributed by atoms with E-state index in [1.807, 2.05) is 43.3 Å². The van der Waals surface area contributed by atoms with Crippen molar-refractivity contribution in [3.05, 3.63) is 53.7 Å². The first kappa shape index (κ1) is 17.9. The lowest BCUT2D eigenvalue weighted by Crippen LogP contribution is -2.15. The van der Waals surface area contributed by atoms with Gasteiger partial charge in [-0.3, -0.25) is 4.79 Å². The lowest BCUT2D eigenvalue weighted by atomic mass is 10.1. The van der Waals surface area contributed by atoms with E-state index in [1.165, 1.54) is 0 Å². The molecule has 4 rings (SSSR count). The largest absolute Gasteiger partial charge is 0.495 e. The summed E-state index contributed by atoms with van der Waals surface area (Å²) in [6.45, 7) is 3.01. The molecule has 0 radical (unpaired) electrons. The van der Waals surface area contributed by atoms with E-state index in [-0.39, 0.29) is 12.3 Å². The molecular weight excluding hydrogens is 360 g/mol. The van der Waals surface area contributed by atoms with Crippen LogP contribution in [0.5, 0.6) is 17.2 Å². The van der Waals surface area contributed by atoms with Crippen molar-refractivity contribution in [3.63, 3.8) is 0 Å². The van der Waals surface area contributed by atoms with Crippen molar-refractivity contribution in [3.8, 4) is 28.6 Å². The Hall–Kier alpha value is -3.48. The van der Waals surface area contributed by atoms with Crippen molar-refractivity contribution < 1.29 is 23.5 Å². The van der Waals surface area contributed by atoms with Gasteiger partial charge in [-0.2, -0.15) is 0 Å². The van der Waals surface area contributed by atoms with Gasteiger partial charge >= 0.3 is 0 Å². The number of hydrogen-bond donors (Lipinski definition) is 1. The van der Waals surface area contributed by atoms with E-state index in [9.17, 15) is 4.79 Å². The van der Waals surface area contributed by atoms with Gasteiger partial charge in [0.15, 0.2) is 17.3 Å². The number of methoxy groups -OCH3 is 1. The molecule has 0 saturated carbocycles. The summed E-state index contributed by atoms with van der Waals surface area (Å²) in [5, 5.41) is 6.87. The van der Waals surface area contributed by atoms with Gasteiger partial charge in [0.2, 0.25) is 5.91 Å². The molecule has 0 atom stereocenters. The summed E-state index contributed by atoms with van der Waals surface area (Å²) in [4.78, 5) is 12.4. The normalized spacial score (nSPS) is 12.5. The van der Waals surface area contributed by atoms with Crippen LogP contribution in [0.1, 0.15) is 11.3 Å². The first-order chi connectivity index (χ1) is 13.6. The summed E-state index contributed by atoms with van der Waals surface area (Å²) in [6.07, 6.45) is 0.0884. The minimum Gasteiger partial charge on any atom is -0.495 e. The van der Waals surface area contributed by atoms with Crippen molar-refractivity contribution in [2.24, 2.45) is 0 Å². The van der Waals surface area contributed by atoms with Gasteiger partial charge in [-0.05, 0) is 42.8 Å². The van der Waals surface area contributed by atoms with Gasteiger partial charge in [-0.15, -0.1) is 0 Å². The highest BCUT2D eigenvalue weighted by molar-refractivity contribution is 5.93. The summed E-state index contributed by atoms with van der Waals surface area (Å²) >= 11 is 0. The van der Waals surface area contributed by atoms with Crippen molar-refractivity contribution in [1.82, 2.24) is 5.16 Å². The van der Waals surface area contributed by atoms with E-state index in [0.29, 0.717) is 47.6 Å². The number of amides is 1. The van der Waals surface area contributed by atoms with Gasteiger partial charge < -0.3 is 24.1 Å². The number of aryl methyl sites for hydroxylation is 1. The minimum absolute atomic E-state index is 0.0884. The molecule has 1 aromatic heterocycles. The van der Waals surface area contributed by atoms with Gasteiger partial charge in [-0.25, -0.2) is 0 Å². The van der Waals surface area contributed by atoms with Crippen molar-refractivity contribution in [2.75, 3.05) is 25.6 Å². The third-order valence-electron chi connectivity index (χ3n) is 4.36. The van der Waals surface area contributed by atoms with E-state index in [0.717, 1.165) is 11.1 Å². The van der Waals surface area contributed by atoms with Crippen LogP contribution in [0.25, 0.3) is 11.3 Å². The molecule has 144 valence electrons. The summed E-state index contributed by atoms with van der Waals surface area (Å²) in [5.41, 5.74) is 3.00. The van der Waals surface area contributed by atoms with Gasteiger partial charge in [0.1, 0.15) is 19.0 Å². The van der Waals surface area contributed by atoms with E-state index in [1.54, 1.807) is 13.2 Å². The zero-order valence-corrected chi connectivity index (χ0v) is 15.7. The molecule has 0 bridgehead atoms. The number of anilines is 1. The van der Waals surface area contributed by atoms with Gasteiger partial charge in [-0.1, -0.05) is 11.2 Å². The van der Waals surface area contributed by atoms with Crippen LogP contribution in [-0.2, 0) is 11.2 Å². The molecule has 7 nitrogen and oxygen atoms in total. The third kappa shape index (κ3) is 3.78. The number of nitrogens with zero attached hydrogens (tertiary/aromatic N) is 1. The highest BCUT2D eigenvalue weighted by atomic mass is 16.6. The van der Waals surface area contributed by atoms with Crippen LogP contribution in [0, 0.1) is 6.92 Å². The third-order valence-corrected chi connectivity index (χ3v) is 4.36. The molecule has 2 heterocycles. The Bertz CT molecular complexity index is 1010. The highest BCUT2D eigenvalue weighted by Crippen LogP contribution is 2.34. The quantitative estimate of drug-likeness (QED) is 0.728. The monoisotopic (exact) mass is 380 g/mol. The van der Waals surface area contributed by atoms with Crippen LogP contribution in [-0.4, -0.2) is 31.4 Å². The number of fused-ring (bicyclic) bond motifs is 1. The van der Waals surface area contributed by atoms with E-state index in [2.05, 4.69) is 10.5 Å². The molecule has 0 fully saturated rings. The second kappa shape index (κ2) is 7.64. The van der Waals surface area contributed by atoms with Gasteiger partial charge in [0.05, 0.1) is 24.9 Å². The molecule has 7 heteroatoms. The fourth-order valence-corrected chi connectivity index (χ4v) is 3.01. The molecule has 1 aliphatic rings. The topological polar surface area (TPSA) is 82.8 Å². The SMILES string of the molecule is COc1ccc(C)cc1NC(=O)Cc1cc(-c2ccc3c(c2)OCCO3)on1.